The van der Waals surface area contributed by atoms with E-state index in [2.05, 4.69) is 28.2 Å². The van der Waals surface area contributed by atoms with Gasteiger partial charge in [-0.1, -0.05) is 6.92 Å². The number of hydrogen-bond acceptors (Lipinski definition) is 2. The predicted octanol–water partition coefficient (Wildman–Crippen LogP) is 2.57. The van der Waals surface area contributed by atoms with Gasteiger partial charge < -0.3 is 9.73 Å². The molecule has 14 heavy (non-hydrogen) atoms. The summed E-state index contributed by atoms with van der Waals surface area (Å²) in [5.74, 6) is 0.227. The highest BCUT2D eigenvalue weighted by atomic mass is 79.9. The molecular formula is C10H12BrNO2. The third-order valence-corrected chi connectivity index (χ3v) is 3.00. The Labute approximate surface area is 91.0 Å². The summed E-state index contributed by atoms with van der Waals surface area (Å²) in [6.45, 7) is 2.91. The fraction of sp³-hybridized carbons (Fsp3) is 0.500. The van der Waals surface area contributed by atoms with Gasteiger partial charge in [-0.3, -0.25) is 4.79 Å². The molecule has 1 saturated carbocycles. The summed E-state index contributed by atoms with van der Waals surface area (Å²) in [6.07, 6.45) is 2.41. The smallest absolute Gasteiger partial charge is 0.287 e. The first-order chi connectivity index (χ1) is 6.59. The summed E-state index contributed by atoms with van der Waals surface area (Å²) >= 11 is 3.16. The molecular weight excluding hydrogens is 246 g/mol. The molecule has 0 bridgehead atoms. The molecule has 2 rings (SSSR count). The second kappa shape index (κ2) is 3.42. The second-order valence-electron chi connectivity index (χ2n) is 4.10. The first-order valence-corrected chi connectivity index (χ1v) is 5.42. The molecule has 0 saturated heterocycles. The van der Waals surface area contributed by atoms with Gasteiger partial charge in [0.05, 0.1) is 0 Å². The van der Waals surface area contributed by atoms with Crippen LogP contribution >= 0.6 is 15.9 Å². The van der Waals surface area contributed by atoms with E-state index >= 15 is 0 Å². The molecule has 0 atom stereocenters. The molecule has 1 fully saturated rings. The van der Waals surface area contributed by atoms with Gasteiger partial charge in [0, 0.05) is 6.54 Å². The van der Waals surface area contributed by atoms with Crippen molar-refractivity contribution in [3.8, 4) is 0 Å². The Morgan fingerprint density at radius 3 is 2.86 bits per heavy atom. The third kappa shape index (κ3) is 2.18. The molecule has 1 heterocycles. The first kappa shape index (κ1) is 9.77. The fourth-order valence-corrected chi connectivity index (χ4v) is 1.51. The Kier molecular flexibility index (Phi) is 2.39. The third-order valence-electron chi connectivity index (χ3n) is 2.58. The van der Waals surface area contributed by atoms with Crippen LogP contribution in [0.25, 0.3) is 0 Å². The number of rotatable bonds is 3. The van der Waals surface area contributed by atoms with E-state index in [9.17, 15) is 4.79 Å². The summed E-state index contributed by atoms with van der Waals surface area (Å²) < 4.78 is 5.72. The van der Waals surface area contributed by atoms with E-state index in [1.54, 1.807) is 12.1 Å². The van der Waals surface area contributed by atoms with Crippen molar-refractivity contribution >= 4 is 21.8 Å². The molecule has 0 aromatic carbocycles. The lowest BCUT2D eigenvalue weighted by atomic mass is 10.1. The van der Waals surface area contributed by atoms with Gasteiger partial charge in [-0.15, -0.1) is 0 Å². The molecule has 4 heteroatoms. The lowest BCUT2D eigenvalue weighted by Crippen LogP contribution is -2.28. The van der Waals surface area contributed by atoms with Crippen molar-refractivity contribution in [2.24, 2.45) is 5.41 Å². The van der Waals surface area contributed by atoms with Gasteiger partial charge in [-0.05, 0) is 46.3 Å². The van der Waals surface area contributed by atoms with Gasteiger partial charge in [0.25, 0.3) is 5.91 Å². The van der Waals surface area contributed by atoms with Gasteiger partial charge in [0.1, 0.15) is 0 Å². The van der Waals surface area contributed by atoms with Crippen molar-refractivity contribution in [3.05, 3.63) is 22.6 Å². The van der Waals surface area contributed by atoms with E-state index in [-0.39, 0.29) is 5.91 Å². The Hall–Kier alpha value is -0.770. The minimum absolute atomic E-state index is 0.135. The summed E-state index contributed by atoms with van der Waals surface area (Å²) in [7, 11) is 0. The maximum atomic E-state index is 11.5. The summed E-state index contributed by atoms with van der Waals surface area (Å²) in [5.41, 5.74) is 0.333. The van der Waals surface area contributed by atoms with Crippen LogP contribution < -0.4 is 5.32 Å². The van der Waals surface area contributed by atoms with Crippen molar-refractivity contribution in [2.75, 3.05) is 6.54 Å². The number of halogens is 1. The molecule has 76 valence electrons. The highest BCUT2D eigenvalue weighted by Crippen LogP contribution is 2.44. The van der Waals surface area contributed by atoms with Crippen LogP contribution in [0.4, 0.5) is 0 Å². The van der Waals surface area contributed by atoms with Gasteiger partial charge >= 0.3 is 0 Å². The molecule has 0 radical (unpaired) electrons. The van der Waals surface area contributed by atoms with Gasteiger partial charge in [0.15, 0.2) is 10.4 Å². The van der Waals surface area contributed by atoms with Crippen LogP contribution in [0, 0.1) is 5.41 Å². The molecule has 1 aromatic heterocycles. The largest absolute Gasteiger partial charge is 0.444 e. The monoisotopic (exact) mass is 257 g/mol. The molecule has 1 aliphatic carbocycles. The highest BCUT2D eigenvalue weighted by molar-refractivity contribution is 9.10. The number of nitrogens with one attached hydrogen (secondary N) is 1. The number of amides is 1. The lowest BCUT2D eigenvalue weighted by Gasteiger charge is -2.08. The van der Waals surface area contributed by atoms with Crippen molar-refractivity contribution in [2.45, 2.75) is 19.8 Å². The Bertz CT molecular complexity index is 355. The normalized spacial score (nSPS) is 17.9. The first-order valence-electron chi connectivity index (χ1n) is 4.63. The van der Waals surface area contributed by atoms with Crippen molar-refractivity contribution < 1.29 is 9.21 Å². The summed E-state index contributed by atoms with van der Waals surface area (Å²) in [4.78, 5) is 11.5. The Morgan fingerprint density at radius 1 is 1.64 bits per heavy atom. The Morgan fingerprint density at radius 2 is 2.36 bits per heavy atom. The maximum Gasteiger partial charge on any atom is 0.287 e. The summed E-state index contributed by atoms with van der Waals surface area (Å²) in [5, 5.41) is 2.86. The van der Waals surface area contributed by atoms with Crippen molar-refractivity contribution in [1.29, 1.82) is 0 Å². The van der Waals surface area contributed by atoms with Gasteiger partial charge in [0.2, 0.25) is 0 Å². The Balaban J connectivity index is 1.89. The molecule has 1 aliphatic rings. The van der Waals surface area contributed by atoms with Crippen LogP contribution in [-0.2, 0) is 0 Å². The summed E-state index contributed by atoms with van der Waals surface area (Å²) in [6, 6.07) is 3.38. The quantitative estimate of drug-likeness (QED) is 0.905. The van der Waals surface area contributed by atoms with E-state index < -0.39 is 0 Å². The average molecular weight is 258 g/mol. The minimum atomic E-state index is -0.135. The second-order valence-corrected chi connectivity index (χ2v) is 4.88. The highest BCUT2D eigenvalue weighted by Gasteiger charge is 2.37. The SMILES string of the molecule is CC1(CNC(=O)c2ccc(Br)o2)CC1. The number of hydrogen-bond donors (Lipinski definition) is 1. The maximum absolute atomic E-state index is 11.5. The number of carbonyl (C=O) groups is 1. The minimum Gasteiger partial charge on any atom is -0.444 e. The number of carbonyl (C=O) groups excluding carboxylic acids is 1. The van der Waals surface area contributed by atoms with Crippen molar-refractivity contribution in [1.82, 2.24) is 5.32 Å². The van der Waals surface area contributed by atoms with E-state index in [1.165, 1.54) is 12.8 Å². The van der Waals surface area contributed by atoms with Crippen LogP contribution in [0.3, 0.4) is 0 Å². The fourth-order valence-electron chi connectivity index (χ4n) is 1.21. The van der Waals surface area contributed by atoms with E-state index in [0.29, 0.717) is 15.8 Å². The predicted molar refractivity (Wildman–Crippen MR) is 56.1 cm³/mol. The molecule has 0 aliphatic heterocycles. The molecule has 3 nitrogen and oxygen atoms in total. The molecule has 1 aromatic rings. The molecule has 0 unspecified atom stereocenters. The van der Waals surface area contributed by atoms with Crippen LogP contribution in [-0.4, -0.2) is 12.5 Å². The van der Waals surface area contributed by atoms with Gasteiger partial charge in [-0.25, -0.2) is 0 Å². The van der Waals surface area contributed by atoms with Gasteiger partial charge in [-0.2, -0.15) is 0 Å². The van der Waals surface area contributed by atoms with Crippen molar-refractivity contribution in [3.63, 3.8) is 0 Å². The zero-order chi connectivity index (χ0) is 10.2. The average Bonchev–Trinajstić information content (AvgIpc) is 2.71. The standard InChI is InChI=1S/C10H12BrNO2/c1-10(4-5-10)6-12-9(13)7-2-3-8(11)14-7/h2-3H,4-6H2,1H3,(H,12,13). The lowest BCUT2D eigenvalue weighted by molar-refractivity contribution is 0.0917. The zero-order valence-electron chi connectivity index (χ0n) is 7.97. The molecule has 1 N–H and O–H groups in total. The van der Waals surface area contributed by atoms with E-state index in [4.69, 9.17) is 4.42 Å². The molecule has 0 spiro atoms. The van der Waals surface area contributed by atoms with E-state index in [0.717, 1.165) is 6.54 Å². The van der Waals surface area contributed by atoms with Crippen LogP contribution in [0.15, 0.2) is 21.2 Å². The van der Waals surface area contributed by atoms with Crippen LogP contribution in [0.2, 0.25) is 0 Å². The number of furan rings is 1. The van der Waals surface area contributed by atoms with Crippen LogP contribution in [0.5, 0.6) is 0 Å². The van der Waals surface area contributed by atoms with E-state index in [1.807, 2.05) is 0 Å². The molecule has 1 amide bonds. The van der Waals surface area contributed by atoms with Crippen LogP contribution in [0.1, 0.15) is 30.3 Å². The zero-order valence-corrected chi connectivity index (χ0v) is 9.56. The topological polar surface area (TPSA) is 42.2 Å².